The predicted molar refractivity (Wildman–Crippen MR) is 106 cm³/mol. The van der Waals surface area contributed by atoms with Crippen LogP contribution in [0.3, 0.4) is 0 Å². The number of nitrogens with zero attached hydrogens (tertiary/aromatic N) is 3. The second kappa shape index (κ2) is 8.55. The van der Waals surface area contributed by atoms with Crippen molar-refractivity contribution in [1.82, 2.24) is 20.3 Å². The first-order valence-electron chi connectivity index (χ1n) is 7.82. The summed E-state index contributed by atoms with van der Waals surface area (Å²) in [7, 11) is 0. The molecule has 0 unspecified atom stereocenters. The highest BCUT2D eigenvalue weighted by atomic mass is 35.5. The Labute approximate surface area is 156 Å². The van der Waals surface area contributed by atoms with Crippen molar-refractivity contribution in [2.75, 3.05) is 23.7 Å². The maximum Gasteiger partial charge on any atom is 0.228 e. The minimum absolute atomic E-state index is 0.486. The summed E-state index contributed by atoms with van der Waals surface area (Å²) in [4.78, 5) is 12.5. The Bertz CT molecular complexity index is 858. The molecule has 8 heteroatoms. The fraction of sp³-hybridized carbons (Fsp3) is 0.176. The van der Waals surface area contributed by atoms with Gasteiger partial charge in [0, 0.05) is 47.8 Å². The van der Waals surface area contributed by atoms with E-state index >= 15 is 0 Å². The Morgan fingerprint density at radius 1 is 1.04 bits per heavy atom. The molecular weight excluding hydrogens is 356 g/mol. The van der Waals surface area contributed by atoms with Gasteiger partial charge in [-0.15, -0.1) is 0 Å². The number of pyridine rings is 1. The number of aromatic nitrogens is 3. The van der Waals surface area contributed by atoms with Gasteiger partial charge in [-0.25, -0.2) is 9.97 Å². The van der Waals surface area contributed by atoms with Crippen molar-refractivity contribution < 1.29 is 0 Å². The van der Waals surface area contributed by atoms with Crippen LogP contribution in [0.2, 0.25) is 5.02 Å². The van der Waals surface area contributed by atoms with Gasteiger partial charge in [0.25, 0.3) is 0 Å². The molecule has 6 nitrogen and oxygen atoms in total. The van der Waals surface area contributed by atoms with Gasteiger partial charge in [-0.3, -0.25) is 4.98 Å². The molecule has 0 bridgehead atoms. The fourth-order valence-corrected chi connectivity index (χ4v) is 2.66. The van der Waals surface area contributed by atoms with Crippen LogP contribution in [0, 0.1) is 0 Å². The lowest BCUT2D eigenvalue weighted by Gasteiger charge is -2.11. The van der Waals surface area contributed by atoms with Gasteiger partial charge in [-0.05, 0) is 49.0 Å². The second-order valence-corrected chi connectivity index (χ2v) is 6.10. The molecule has 0 aliphatic carbocycles. The third kappa shape index (κ3) is 4.98. The summed E-state index contributed by atoms with van der Waals surface area (Å²) >= 11 is 11.2. The summed E-state index contributed by atoms with van der Waals surface area (Å²) < 4.78 is 0. The highest BCUT2D eigenvalue weighted by molar-refractivity contribution is 7.80. The highest BCUT2D eigenvalue weighted by Gasteiger charge is 2.02. The van der Waals surface area contributed by atoms with Gasteiger partial charge in [-0.2, -0.15) is 0 Å². The van der Waals surface area contributed by atoms with Crippen molar-refractivity contribution in [3.05, 3.63) is 53.9 Å². The van der Waals surface area contributed by atoms with E-state index in [4.69, 9.17) is 23.8 Å². The third-order valence-electron chi connectivity index (χ3n) is 3.45. The second-order valence-electron chi connectivity index (χ2n) is 5.25. The number of hydrogen-bond donors (Lipinski definition) is 3. The summed E-state index contributed by atoms with van der Waals surface area (Å²) in [6, 6.07) is 9.42. The van der Waals surface area contributed by atoms with Crippen molar-refractivity contribution in [3.63, 3.8) is 0 Å². The number of halogens is 1. The van der Waals surface area contributed by atoms with Crippen LogP contribution in [0.15, 0.2) is 48.9 Å². The zero-order valence-corrected chi connectivity index (χ0v) is 14.9. The normalized spacial score (nSPS) is 10.4. The van der Waals surface area contributed by atoms with Gasteiger partial charge >= 0.3 is 0 Å². The molecule has 0 fully saturated rings. The van der Waals surface area contributed by atoms with Gasteiger partial charge in [0.2, 0.25) is 5.95 Å². The first kappa shape index (κ1) is 17.3. The Balaban J connectivity index is 1.44. The molecule has 25 heavy (non-hydrogen) atoms. The maximum atomic E-state index is 6.01. The Morgan fingerprint density at radius 2 is 1.88 bits per heavy atom. The molecule has 0 atom stereocenters. The Morgan fingerprint density at radius 3 is 2.72 bits per heavy atom. The lowest BCUT2D eigenvalue weighted by Crippen LogP contribution is -2.30. The molecule has 0 aliphatic heterocycles. The van der Waals surface area contributed by atoms with Crippen LogP contribution in [-0.2, 0) is 0 Å². The van der Waals surface area contributed by atoms with Crippen molar-refractivity contribution in [2.45, 2.75) is 6.42 Å². The predicted octanol–water partition coefficient (Wildman–Crippen LogP) is 3.47. The average Bonchev–Trinajstić information content (AvgIpc) is 2.62. The molecule has 3 N–H and O–H groups in total. The molecule has 0 aliphatic rings. The molecular formula is C17H17ClN6S. The van der Waals surface area contributed by atoms with Crippen LogP contribution in [0.25, 0.3) is 10.9 Å². The monoisotopic (exact) mass is 372 g/mol. The minimum Gasteiger partial charge on any atom is -0.384 e. The molecule has 0 saturated heterocycles. The van der Waals surface area contributed by atoms with E-state index in [2.05, 4.69) is 30.9 Å². The first-order chi connectivity index (χ1) is 12.2. The summed E-state index contributed by atoms with van der Waals surface area (Å²) in [5.41, 5.74) is 1.92. The van der Waals surface area contributed by atoms with Gasteiger partial charge in [0.1, 0.15) is 0 Å². The molecule has 0 saturated carbocycles. The lowest BCUT2D eigenvalue weighted by atomic mass is 10.2. The van der Waals surface area contributed by atoms with E-state index in [0.717, 1.165) is 36.1 Å². The van der Waals surface area contributed by atoms with Crippen molar-refractivity contribution in [1.29, 1.82) is 0 Å². The minimum atomic E-state index is 0.486. The van der Waals surface area contributed by atoms with E-state index in [1.54, 1.807) is 24.7 Å². The standard InChI is InChI=1S/C17H17ClN6S/c18-12-3-4-13-14(5-10-20-15(13)11-12)19-6-1-9-23-17(25)24-16-21-7-2-8-22-16/h2-5,7-8,10-11H,1,6,9H2,(H,19,20)(H2,21,22,23,24,25). The van der Waals surface area contributed by atoms with Gasteiger partial charge in [0.15, 0.2) is 5.11 Å². The molecule has 0 radical (unpaired) electrons. The largest absolute Gasteiger partial charge is 0.384 e. The number of thiocarbonyl (C=S) groups is 1. The first-order valence-corrected chi connectivity index (χ1v) is 8.61. The summed E-state index contributed by atoms with van der Waals surface area (Å²) in [6.45, 7) is 1.54. The quantitative estimate of drug-likeness (QED) is 0.452. The topological polar surface area (TPSA) is 74.8 Å². The molecule has 2 heterocycles. The molecule has 2 aromatic heterocycles. The molecule has 3 aromatic rings. The zero-order chi connectivity index (χ0) is 17.5. The molecule has 128 valence electrons. The van der Waals surface area contributed by atoms with Crippen molar-refractivity contribution >= 4 is 51.5 Å². The molecule has 0 amide bonds. The average molecular weight is 373 g/mol. The molecule has 3 rings (SSSR count). The van der Waals surface area contributed by atoms with E-state index in [-0.39, 0.29) is 0 Å². The van der Waals surface area contributed by atoms with E-state index in [1.807, 2.05) is 24.3 Å². The van der Waals surface area contributed by atoms with Crippen LogP contribution >= 0.6 is 23.8 Å². The highest BCUT2D eigenvalue weighted by Crippen LogP contribution is 2.24. The van der Waals surface area contributed by atoms with Crippen LogP contribution < -0.4 is 16.0 Å². The third-order valence-corrected chi connectivity index (χ3v) is 3.93. The van der Waals surface area contributed by atoms with E-state index in [0.29, 0.717) is 16.1 Å². The van der Waals surface area contributed by atoms with Crippen molar-refractivity contribution in [2.24, 2.45) is 0 Å². The maximum absolute atomic E-state index is 6.01. The SMILES string of the molecule is S=C(NCCCNc1ccnc2cc(Cl)ccc12)Nc1ncccn1. The van der Waals surface area contributed by atoms with Gasteiger partial charge in [-0.1, -0.05) is 11.6 Å². The van der Waals surface area contributed by atoms with Crippen LogP contribution in [0.5, 0.6) is 0 Å². The van der Waals surface area contributed by atoms with E-state index in [1.165, 1.54) is 0 Å². The van der Waals surface area contributed by atoms with E-state index in [9.17, 15) is 0 Å². The van der Waals surface area contributed by atoms with Crippen molar-refractivity contribution in [3.8, 4) is 0 Å². The van der Waals surface area contributed by atoms with Gasteiger partial charge < -0.3 is 16.0 Å². The van der Waals surface area contributed by atoms with Crippen LogP contribution in [-0.4, -0.2) is 33.2 Å². The number of anilines is 2. The number of fused-ring (bicyclic) bond motifs is 1. The fourth-order valence-electron chi connectivity index (χ4n) is 2.30. The number of nitrogens with one attached hydrogen (secondary N) is 3. The summed E-state index contributed by atoms with van der Waals surface area (Å²) in [5.74, 6) is 0.486. The van der Waals surface area contributed by atoms with E-state index < -0.39 is 0 Å². The number of rotatable bonds is 6. The summed E-state index contributed by atoms with van der Waals surface area (Å²) in [5, 5.41) is 11.7. The van der Waals surface area contributed by atoms with Crippen LogP contribution in [0.1, 0.15) is 6.42 Å². The molecule has 1 aromatic carbocycles. The zero-order valence-electron chi connectivity index (χ0n) is 13.4. The van der Waals surface area contributed by atoms with Crippen LogP contribution in [0.4, 0.5) is 11.6 Å². The van der Waals surface area contributed by atoms with Gasteiger partial charge in [0.05, 0.1) is 5.52 Å². The molecule has 0 spiro atoms. The Hall–Kier alpha value is -2.51. The lowest BCUT2D eigenvalue weighted by molar-refractivity contribution is 0.809. The Kier molecular flexibility index (Phi) is 5.92. The smallest absolute Gasteiger partial charge is 0.228 e. The number of benzene rings is 1. The number of hydrogen-bond acceptors (Lipinski definition) is 5. The summed E-state index contributed by atoms with van der Waals surface area (Å²) in [6.07, 6.45) is 6.00.